The number of aliphatic imine (C=N–C) groups is 1. The maximum atomic E-state index is 6.99. The largest absolute Gasteiger partial charge is 0.481 e. The highest BCUT2D eigenvalue weighted by Gasteiger charge is 2.50. The van der Waals surface area contributed by atoms with Crippen LogP contribution in [-0.2, 0) is 9.16 Å². The molecule has 2 aromatic carbocycles. The lowest BCUT2D eigenvalue weighted by Crippen LogP contribution is -2.67. The minimum atomic E-state index is -2.55. The number of ether oxygens (including phenoxy) is 1. The third kappa shape index (κ3) is 5.68. The van der Waals surface area contributed by atoms with Crippen molar-refractivity contribution in [2.75, 3.05) is 13.2 Å². The van der Waals surface area contributed by atoms with Crippen LogP contribution in [0.5, 0.6) is 0 Å². The van der Waals surface area contributed by atoms with Crippen LogP contribution in [0.4, 0.5) is 0 Å². The predicted octanol–water partition coefficient (Wildman–Crippen LogP) is 4.96. The fourth-order valence-corrected chi connectivity index (χ4v) is 8.39. The molecule has 0 saturated carbocycles. The van der Waals surface area contributed by atoms with Gasteiger partial charge in [0.1, 0.15) is 0 Å². The topological polar surface area (TPSA) is 30.8 Å². The van der Waals surface area contributed by atoms with Crippen molar-refractivity contribution < 1.29 is 9.16 Å². The second-order valence-electron chi connectivity index (χ2n) is 8.15. The molecule has 0 aliphatic carbocycles. The van der Waals surface area contributed by atoms with Crippen LogP contribution in [0, 0.1) is 0 Å². The Kier molecular flexibility index (Phi) is 8.41. The Bertz CT molecular complexity index is 755. The van der Waals surface area contributed by atoms with Gasteiger partial charge in [0.15, 0.2) is 5.90 Å². The first kappa shape index (κ1) is 23.1. The lowest BCUT2D eigenvalue weighted by molar-refractivity contribution is 0.281. The van der Waals surface area contributed by atoms with Gasteiger partial charge in [-0.25, -0.2) is 4.99 Å². The Morgan fingerprint density at radius 2 is 1.52 bits per heavy atom. The van der Waals surface area contributed by atoms with Gasteiger partial charge in [0.2, 0.25) is 0 Å². The van der Waals surface area contributed by atoms with E-state index in [1.165, 1.54) is 10.4 Å². The molecular formula is C25H35NO2Si. The molecule has 2 rings (SSSR count). The number of benzene rings is 2. The van der Waals surface area contributed by atoms with Crippen molar-refractivity contribution in [3.05, 3.63) is 72.8 Å². The Morgan fingerprint density at radius 3 is 1.93 bits per heavy atom. The highest BCUT2D eigenvalue weighted by atomic mass is 28.4. The summed E-state index contributed by atoms with van der Waals surface area (Å²) in [5, 5.41) is 2.52. The summed E-state index contributed by atoms with van der Waals surface area (Å²) < 4.78 is 12.5. The van der Waals surface area contributed by atoms with Crippen molar-refractivity contribution in [1.82, 2.24) is 0 Å². The average molecular weight is 410 g/mol. The Balaban J connectivity index is 2.52. The van der Waals surface area contributed by atoms with Gasteiger partial charge in [-0.05, 0) is 29.3 Å². The lowest BCUT2D eigenvalue weighted by atomic mass is 10.2. The second-order valence-corrected chi connectivity index (χ2v) is 12.5. The van der Waals surface area contributed by atoms with Gasteiger partial charge in [0.05, 0.1) is 19.3 Å². The first-order valence-electron chi connectivity index (χ1n) is 10.4. The van der Waals surface area contributed by atoms with E-state index in [-0.39, 0.29) is 11.1 Å². The molecule has 0 N–H and O–H groups in total. The summed E-state index contributed by atoms with van der Waals surface area (Å²) in [4.78, 5) is 4.73. The molecule has 29 heavy (non-hydrogen) atoms. The summed E-state index contributed by atoms with van der Waals surface area (Å²) in [6.07, 6.45) is 4.11. The third-order valence-electron chi connectivity index (χ3n) is 5.00. The lowest BCUT2D eigenvalue weighted by Gasteiger charge is -2.43. The standard InChI is InChI=1S/C25H35NO2Si/c1-7-15-22(26-21(3)27-8-2)20-28-29(25(4,5)6,23-16-11-9-12-17-23)24-18-13-10-14-19-24/h7,9-19,22H,8,20H2,1-6H3/b15-7+,26-21?/t22-/m0/s1. The molecule has 4 heteroatoms. The molecule has 0 radical (unpaired) electrons. The smallest absolute Gasteiger partial charge is 0.261 e. The van der Waals surface area contributed by atoms with Gasteiger partial charge in [-0.1, -0.05) is 93.6 Å². The number of allylic oxidation sites excluding steroid dienone is 1. The molecule has 0 heterocycles. The summed E-state index contributed by atoms with van der Waals surface area (Å²) in [6, 6.07) is 21.3. The van der Waals surface area contributed by atoms with E-state index in [0.717, 1.165) is 0 Å². The normalized spacial score (nSPS) is 14.2. The molecule has 0 spiro atoms. The van der Waals surface area contributed by atoms with Gasteiger partial charge in [-0.2, -0.15) is 0 Å². The first-order chi connectivity index (χ1) is 13.8. The predicted molar refractivity (Wildman–Crippen MR) is 127 cm³/mol. The van der Waals surface area contributed by atoms with E-state index < -0.39 is 8.32 Å². The molecule has 0 aliphatic rings. The van der Waals surface area contributed by atoms with Crippen LogP contribution in [0.1, 0.15) is 41.5 Å². The maximum Gasteiger partial charge on any atom is 0.261 e. The SMILES string of the molecule is C/C=C/[C@@H](CO[Si](c1ccccc1)(c1ccccc1)C(C)(C)C)N=C(C)OCC. The van der Waals surface area contributed by atoms with Crippen LogP contribution in [0.3, 0.4) is 0 Å². The monoisotopic (exact) mass is 409 g/mol. The fourth-order valence-electron chi connectivity index (χ4n) is 3.81. The van der Waals surface area contributed by atoms with Gasteiger partial charge in [-0.15, -0.1) is 0 Å². The molecule has 0 unspecified atom stereocenters. The number of rotatable bonds is 8. The molecule has 0 amide bonds. The van der Waals surface area contributed by atoms with Crippen LogP contribution >= 0.6 is 0 Å². The van der Waals surface area contributed by atoms with E-state index >= 15 is 0 Å². The first-order valence-corrected chi connectivity index (χ1v) is 12.3. The number of hydrogen-bond acceptors (Lipinski definition) is 3. The number of nitrogens with zero attached hydrogens (tertiary/aromatic N) is 1. The van der Waals surface area contributed by atoms with Crippen LogP contribution < -0.4 is 10.4 Å². The summed E-state index contributed by atoms with van der Waals surface area (Å²) in [5.41, 5.74) is 0. The van der Waals surface area contributed by atoms with Gasteiger partial charge in [0.25, 0.3) is 8.32 Å². The Morgan fingerprint density at radius 1 is 1.00 bits per heavy atom. The van der Waals surface area contributed by atoms with Crippen molar-refractivity contribution in [3.8, 4) is 0 Å². The van der Waals surface area contributed by atoms with E-state index in [0.29, 0.717) is 19.1 Å². The molecule has 0 saturated heterocycles. The zero-order valence-corrected chi connectivity index (χ0v) is 19.7. The molecule has 3 nitrogen and oxygen atoms in total. The quantitative estimate of drug-likeness (QED) is 0.267. The third-order valence-corrected chi connectivity index (χ3v) is 10.0. The Hall–Kier alpha value is -2.17. The molecule has 0 aromatic heterocycles. The zero-order valence-electron chi connectivity index (χ0n) is 18.7. The summed E-state index contributed by atoms with van der Waals surface area (Å²) in [6.45, 7) is 13.9. The van der Waals surface area contributed by atoms with E-state index in [1.54, 1.807) is 0 Å². The highest BCUT2D eigenvalue weighted by molar-refractivity contribution is 6.99. The van der Waals surface area contributed by atoms with E-state index in [4.69, 9.17) is 14.2 Å². The Labute approximate surface area is 177 Å². The van der Waals surface area contributed by atoms with Crippen LogP contribution in [0.25, 0.3) is 0 Å². The number of hydrogen-bond donors (Lipinski definition) is 0. The minimum Gasteiger partial charge on any atom is -0.481 e. The van der Waals surface area contributed by atoms with Crippen molar-refractivity contribution in [1.29, 1.82) is 0 Å². The molecular weight excluding hydrogens is 374 g/mol. The van der Waals surface area contributed by atoms with E-state index in [9.17, 15) is 0 Å². The van der Waals surface area contributed by atoms with Crippen molar-refractivity contribution in [2.45, 2.75) is 52.6 Å². The molecule has 0 aliphatic heterocycles. The maximum absolute atomic E-state index is 6.99. The molecule has 2 aromatic rings. The fraction of sp³-hybridized carbons (Fsp3) is 0.400. The van der Waals surface area contributed by atoms with Crippen LogP contribution in [-0.4, -0.2) is 33.5 Å². The van der Waals surface area contributed by atoms with E-state index in [2.05, 4.69) is 87.5 Å². The summed E-state index contributed by atoms with van der Waals surface area (Å²) >= 11 is 0. The highest BCUT2D eigenvalue weighted by Crippen LogP contribution is 2.36. The molecule has 0 bridgehead atoms. The second kappa shape index (κ2) is 10.6. The van der Waals surface area contributed by atoms with Gasteiger partial charge < -0.3 is 9.16 Å². The van der Waals surface area contributed by atoms with Crippen LogP contribution in [0.15, 0.2) is 77.8 Å². The van der Waals surface area contributed by atoms with Crippen molar-refractivity contribution >= 4 is 24.6 Å². The van der Waals surface area contributed by atoms with Crippen molar-refractivity contribution in [2.24, 2.45) is 4.99 Å². The van der Waals surface area contributed by atoms with Gasteiger partial charge >= 0.3 is 0 Å². The molecule has 0 fully saturated rings. The molecule has 156 valence electrons. The zero-order chi connectivity index (χ0) is 21.3. The van der Waals surface area contributed by atoms with Crippen LogP contribution in [0.2, 0.25) is 5.04 Å². The van der Waals surface area contributed by atoms with E-state index in [1.807, 2.05) is 26.8 Å². The molecule has 1 atom stereocenters. The van der Waals surface area contributed by atoms with Gasteiger partial charge in [-0.3, -0.25) is 0 Å². The summed E-state index contributed by atoms with van der Waals surface area (Å²) in [7, 11) is -2.55. The van der Waals surface area contributed by atoms with Gasteiger partial charge in [0, 0.05) is 6.92 Å². The minimum absolute atomic E-state index is 0.0468. The average Bonchev–Trinajstić information content (AvgIpc) is 2.69. The summed E-state index contributed by atoms with van der Waals surface area (Å²) in [5.74, 6) is 0.696. The van der Waals surface area contributed by atoms with Crippen molar-refractivity contribution in [3.63, 3.8) is 0 Å².